The quantitative estimate of drug-likeness (QED) is 0.258. The van der Waals surface area contributed by atoms with Gasteiger partial charge in [0, 0.05) is 31.1 Å². The molecule has 1 saturated heterocycles. The number of rotatable bonds is 7. The summed E-state index contributed by atoms with van der Waals surface area (Å²) in [6.45, 7) is 7.69. The molecule has 4 N–H and O–H groups in total. The SMILES string of the molecule is CC(C)(C)C(=O)NCc1ccc(Cl)c(Nc2nc3nc(N4CC5CC5C4)c(C(=O)NC4CCCCC4)cc3[nH]2)c1Cl. The maximum absolute atomic E-state index is 13.5. The van der Waals surface area contributed by atoms with Crippen molar-refractivity contribution in [3.8, 4) is 0 Å². The van der Waals surface area contributed by atoms with Crippen LogP contribution in [0.1, 0.15) is 75.2 Å². The zero-order valence-corrected chi connectivity index (χ0v) is 25.3. The maximum atomic E-state index is 13.5. The summed E-state index contributed by atoms with van der Waals surface area (Å²) >= 11 is 13.3. The molecule has 0 radical (unpaired) electrons. The van der Waals surface area contributed by atoms with E-state index in [4.69, 9.17) is 28.2 Å². The van der Waals surface area contributed by atoms with Crippen LogP contribution in [0.4, 0.5) is 17.5 Å². The van der Waals surface area contributed by atoms with E-state index in [0.717, 1.165) is 44.3 Å². The number of pyridine rings is 1. The van der Waals surface area contributed by atoms with Crippen molar-refractivity contribution < 1.29 is 9.59 Å². The predicted octanol–water partition coefficient (Wildman–Crippen LogP) is 6.19. The summed E-state index contributed by atoms with van der Waals surface area (Å²) in [5.41, 5.74) is 2.43. The number of fused-ring (bicyclic) bond motifs is 2. The van der Waals surface area contributed by atoms with E-state index in [0.29, 0.717) is 56.1 Å². The minimum absolute atomic E-state index is 0.0733. The molecule has 1 aromatic carbocycles. The second-order valence-corrected chi connectivity index (χ2v) is 13.5. The van der Waals surface area contributed by atoms with Crippen molar-refractivity contribution in [1.82, 2.24) is 25.6 Å². The lowest BCUT2D eigenvalue weighted by atomic mass is 9.95. The van der Waals surface area contributed by atoms with Gasteiger partial charge in [-0.05, 0) is 48.8 Å². The van der Waals surface area contributed by atoms with Gasteiger partial charge in [0.05, 0.1) is 26.8 Å². The first-order valence-electron chi connectivity index (χ1n) is 14.6. The average Bonchev–Trinajstić information content (AvgIpc) is 3.34. The lowest BCUT2D eigenvalue weighted by Gasteiger charge is -2.25. The van der Waals surface area contributed by atoms with Crippen LogP contribution in [-0.4, -0.2) is 45.9 Å². The monoisotopic (exact) mass is 597 g/mol. The van der Waals surface area contributed by atoms with Gasteiger partial charge in [0.15, 0.2) is 5.65 Å². The molecule has 3 aliphatic rings. The van der Waals surface area contributed by atoms with Gasteiger partial charge in [0.1, 0.15) is 5.82 Å². The number of carbonyl (C=O) groups excluding carboxylic acids is 2. The van der Waals surface area contributed by atoms with Crippen LogP contribution < -0.4 is 20.9 Å². The van der Waals surface area contributed by atoms with Crippen molar-refractivity contribution in [1.29, 1.82) is 0 Å². The highest BCUT2D eigenvalue weighted by Gasteiger charge is 2.46. The number of nitrogens with zero attached hydrogens (tertiary/aromatic N) is 3. The van der Waals surface area contributed by atoms with Crippen molar-refractivity contribution >= 4 is 63.6 Å². The van der Waals surface area contributed by atoms with E-state index in [1.807, 2.05) is 26.8 Å². The van der Waals surface area contributed by atoms with Gasteiger partial charge in [-0.1, -0.05) is 69.3 Å². The largest absolute Gasteiger partial charge is 0.355 e. The van der Waals surface area contributed by atoms with Crippen molar-refractivity contribution in [2.24, 2.45) is 17.3 Å². The fraction of sp³-hybridized carbons (Fsp3) is 0.533. The first-order valence-corrected chi connectivity index (χ1v) is 15.3. The third-order valence-corrected chi connectivity index (χ3v) is 9.20. The third kappa shape index (κ3) is 5.97. The summed E-state index contributed by atoms with van der Waals surface area (Å²) in [5.74, 6) is 2.35. The van der Waals surface area contributed by atoms with Gasteiger partial charge in [-0.25, -0.2) is 4.98 Å². The molecule has 2 aromatic heterocycles. The Hall–Kier alpha value is -3.04. The minimum atomic E-state index is -0.512. The Morgan fingerprint density at radius 2 is 1.80 bits per heavy atom. The van der Waals surface area contributed by atoms with E-state index in [2.05, 4.69) is 30.8 Å². The molecular formula is C30H37Cl2N7O2. The van der Waals surface area contributed by atoms with E-state index >= 15 is 0 Å². The van der Waals surface area contributed by atoms with Gasteiger partial charge in [-0.15, -0.1) is 0 Å². The summed E-state index contributed by atoms with van der Waals surface area (Å²) in [6.07, 6.45) is 6.82. The predicted molar refractivity (Wildman–Crippen MR) is 163 cm³/mol. The molecule has 0 bridgehead atoms. The van der Waals surface area contributed by atoms with Crippen LogP contribution in [0.5, 0.6) is 0 Å². The van der Waals surface area contributed by atoms with Crippen LogP contribution in [-0.2, 0) is 11.3 Å². The number of carbonyl (C=O) groups is 2. The van der Waals surface area contributed by atoms with E-state index in [1.165, 1.54) is 12.8 Å². The molecule has 2 unspecified atom stereocenters. The molecule has 3 fully saturated rings. The summed E-state index contributed by atoms with van der Waals surface area (Å²) in [6, 6.07) is 5.60. The molecule has 9 nitrogen and oxygen atoms in total. The molecule has 3 aromatic rings. The average molecular weight is 599 g/mol. The van der Waals surface area contributed by atoms with Crippen LogP contribution in [0.25, 0.3) is 11.2 Å². The van der Waals surface area contributed by atoms with Crippen LogP contribution in [0.15, 0.2) is 18.2 Å². The standard InChI is InChI=1S/C30H37Cl2N7O2/c1-30(2,3)28(41)33-13-16-9-10-21(31)24(23(16)32)36-29-35-22-12-20(27(40)34-19-7-5-4-6-8-19)26(37-25(22)38-29)39-14-17-11-18(17)15-39/h9-10,12,17-19H,4-8,11,13-15H2,1-3H3,(H,33,41)(H,34,40)(H2,35,36,37,38). The minimum Gasteiger partial charge on any atom is -0.355 e. The molecule has 1 aliphatic heterocycles. The second kappa shape index (κ2) is 11.0. The smallest absolute Gasteiger partial charge is 0.255 e. The molecule has 2 saturated carbocycles. The second-order valence-electron chi connectivity index (χ2n) is 12.7. The Bertz CT molecular complexity index is 1480. The molecule has 6 rings (SSSR count). The van der Waals surface area contributed by atoms with Crippen LogP contribution in [0.3, 0.4) is 0 Å². The molecule has 218 valence electrons. The number of piperidine rings is 1. The first-order chi connectivity index (χ1) is 19.6. The van der Waals surface area contributed by atoms with Gasteiger partial charge in [-0.3, -0.25) is 9.59 Å². The van der Waals surface area contributed by atoms with Gasteiger partial charge in [0.25, 0.3) is 5.91 Å². The van der Waals surface area contributed by atoms with Gasteiger partial charge < -0.3 is 25.8 Å². The Labute approximate surface area is 250 Å². The Morgan fingerprint density at radius 3 is 2.51 bits per heavy atom. The number of hydrogen-bond acceptors (Lipinski definition) is 6. The number of halogens is 2. The Morgan fingerprint density at radius 1 is 1.07 bits per heavy atom. The molecule has 2 amide bonds. The molecule has 41 heavy (non-hydrogen) atoms. The summed E-state index contributed by atoms with van der Waals surface area (Å²) < 4.78 is 0. The number of anilines is 3. The highest BCUT2D eigenvalue weighted by molar-refractivity contribution is 6.39. The van der Waals surface area contributed by atoms with E-state index in [1.54, 1.807) is 12.1 Å². The zero-order chi connectivity index (χ0) is 28.9. The summed E-state index contributed by atoms with van der Waals surface area (Å²) in [5, 5.41) is 10.2. The van der Waals surface area contributed by atoms with Crippen molar-refractivity contribution in [2.45, 2.75) is 71.9 Å². The van der Waals surface area contributed by atoms with Gasteiger partial charge in [-0.2, -0.15) is 4.98 Å². The number of amides is 2. The molecule has 3 heterocycles. The van der Waals surface area contributed by atoms with Gasteiger partial charge in [0.2, 0.25) is 11.9 Å². The number of nitrogens with one attached hydrogen (secondary N) is 4. The lowest BCUT2D eigenvalue weighted by Crippen LogP contribution is -2.37. The van der Waals surface area contributed by atoms with Crippen LogP contribution in [0, 0.1) is 17.3 Å². The highest BCUT2D eigenvalue weighted by Crippen LogP contribution is 2.46. The lowest BCUT2D eigenvalue weighted by molar-refractivity contribution is -0.128. The number of benzene rings is 1. The van der Waals surface area contributed by atoms with Crippen molar-refractivity contribution in [3.05, 3.63) is 39.4 Å². The maximum Gasteiger partial charge on any atom is 0.255 e. The fourth-order valence-electron chi connectivity index (χ4n) is 5.89. The summed E-state index contributed by atoms with van der Waals surface area (Å²) in [4.78, 5) is 41.0. The normalized spacial score (nSPS) is 20.7. The van der Waals surface area contributed by atoms with E-state index in [9.17, 15) is 9.59 Å². The number of H-pyrrole nitrogens is 1. The number of imidazole rings is 1. The first kappa shape index (κ1) is 28.1. The topological polar surface area (TPSA) is 115 Å². The highest BCUT2D eigenvalue weighted by atomic mass is 35.5. The zero-order valence-electron chi connectivity index (χ0n) is 23.7. The Kier molecular flexibility index (Phi) is 7.53. The third-order valence-electron chi connectivity index (χ3n) is 8.45. The summed E-state index contributed by atoms with van der Waals surface area (Å²) in [7, 11) is 0. The van der Waals surface area contributed by atoms with Crippen molar-refractivity contribution in [3.63, 3.8) is 0 Å². The van der Waals surface area contributed by atoms with Crippen molar-refractivity contribution in [2.75, 3.05) is 23.3 Å². The number of hydrogen-bond donors (Lipinski definition) is 4. The van der Waals surface area contributed by atoms with Crippen LogP contribution >= 0.6 is 23.2 Å². The molecular weight excluding hydrogens is 561 g/mol. The number of aromatic nitrogens is 3. The van der Waals surface area contributed by atoms with Gasteiger partial charge >= 0.3 is 0 Å². The van der Waals surface area contributed by atoms with E-state index in [-0.39, 0.29) is 24.4 Å². The van der Waals surface area contributed by atoms with Crippen LogP contribution in [0.2, 0.25) is 10.0 Å². The van der Waals surface area contributed by atoms with E-state index < -0.39 is 5.41 Å². The molecule has 2 atom stereocenters. The molecule has 2 aliphatic carbocycles. The molecule has 11 heteroatoms. The molecule has 0 spiro atoms. The fourth-order valence-corrected chi connectivity index (χ4v) is 6.42. The number of aromatic amines is 1. The Balaban J connectivity index is 1.27.